The van der Waals surface area contributed by atoms with Crippen molar-refractivity contribution in [3.05, 3.63) is 42.0 Å². The molecular weight excluding hydrogens is 328 g/mol. The molecule has 1 saturated heterocycles. The molecule has 0 bridgehead atoms. The number of nitrogens with zero attached hydrogens (tertiary/aromatic N) is 2. The second-order valence-electron chi connectivity index (χ2n) is 7.63. The van der Waals surface area contributed by atoms with Crippen LogP contribution in [0.15, 0.2) is 36.4 Å². The van der Waals surface area contributed by atoms with Crippen LogP contribution >= 0.6 is 0 Å². The smallest absolute Gasteiger partial charge is 0.228 e. The Hall–Kier alpha value is -2.47. The lowest BCUT2D eigenvalue weighted by Crippen LogP contribution is -2.28. The van der Waals surface area contributed by atoms with E-state index in [0.717, 1.165) is 18.5 Å². The Morgan fingerprint density at radius 1 is 1.00 bits per heavy atom. The third-order valence-electron chi connectivity index (χ3n) is 4.53. The number of benzene rings is 1. The highest BCUT2D eigenvalue weighted by molar-refractivity contribution is 5.91. The Balaban J connectivity index is 1.58. The first kappa shape index (κ1) is 18.3. The van der Waals surface area contributed by atoms with Crippen LogP contribution in [0.2, 0.25) is 0 Å². The maximum Gasteiger partial charge on any atom is 0.228 e. The summed E-state index contributed by atoms with van der Waals surface area (Å²) in [7, 11) is 0. The lowest BCUT2D eigenvalue weighted by molar-refractivity contribution is -0.122. The number of carbonyl (C=O) groups is 1. The van der Waals surface area contributed by atoms with E-state index >= 15 is 0 Å². The van der Waals surface area contributed by atoms with Gasteiger partial charge in [-0.2, -0.15) is 0 Å². The fraction of sp³-hybridized carbons (Fsp3) is 0.450. The monoisotopic (exact) mass is 354 g/mol. The molecule has 6 heteroatoms. The largest absolute Gasteiger partial charge is 0.381 e. The standard InChI is InChI=1S/C20H26N4O2/c1-20(2,3)15-4-6-16(7-5-15)21-17-8-9-18(24-23-17)22-19(25)14-10-12-26-13-11-14/h4-9,14H,10-13H2,1-3H3,(H,21,23)(H,22,24,25). The van der Waals surface area contributed by atoms with Gasteiger partial charge >= 0.3 is 0 Å². The van der Waals surface area contributed by atoms with Gasteiger partial charge in [0, 0.05) is 24.8 Å². The molecule has 0 saturated carbocycles. The summed E-state index contributed by atoms with van der Waals surface area (Å²) in [6.07, 6.45) is 1.51. The van der Waals surface area contributed by atoms with E-state index < -0.39 is 0 Å². The number of aromatic nitrogens is 2. The molecular formula is C20H26N4O2. The number of hydrogen-bond acceptors (Lipinski definition) is 5. The minimum Gasteiger partial charge on any atom is -0.381 e. The van der Waals surface area contributed by atoms with Crippen LogP contribution < -0.4 is 10.6 Å². The summed E-state index contributed by atoms with van der Waals surface area (Å²) in [5, 5.41) is 14.3. The van der Waals surface area contributed by atoms with Gasteiger partial charge in [0.25, 0.3) is 0 Å². The molecule has 0 atom stereocenters. The van der Waals surface area contributed by atoms with Gasteiger partial charge in [0.05, 0.1) is 0 Å². The zero-order valence-electron chi connectivity index (χ0n) is 15.6. The number of rotatable bonds is 4. The van der Waals surface area contributed by atoms with E-state index in [2.05, 4.69) is 53.7 Å². The van der Waals surface area contributed by atoms with Crippen LogP contribution in [-0.2, 0) is 14.9 Å². The van der Waals surface area contributed by atoms with Crippen molar-refractivity contribution in [3.8, 4) is 0 Å². The molecule has 138 valence electrons. The molecule has 1 fully saturated rings. The average Bonchev–Trinajstić information content (AvgIpc) is 2.64. The molecule has 0 spiro atoms. The van der Waals surface area contributed by atoms with Crippen molar-refractivity contribution >= 4 is 23.2 Å². The number of ether oxygens (including phenoxy) is 1. The molecule has 2 aromatic rings. The van der Waals surface area contributed by atoms with Crippen molar-refractivity contribution in [1.82, 2.24) is 10.2 Å². The summed E-state index contributed by atoms with van der Waals surface area (Å²) >= 11 is 0. The number of amides is 1. The lowest BCUT2D eigenvalue weighted by Gasteiger charge is -2.20. The van der Waals surface area contributed by atoms with Gasteiger partial charge < -0.3 is 15.4 Å². The summed E-state index contributed by atoms with van der Waals surface area (Å²) in [6.45, 7) is 7.85. The van der Waals surface area contributed by atoms with Gasteiger partial charge in [-0.25, -0.2) is 0 Å². The van der Waals surface area contributed by atoms with E-state index in [4.69, 9.17) is 4.74 Å². The maximum absolute atomic E-state index is 12.2. The van der Waals surface area contributed by atoms with Gasteiger partial charge in [0.2, 0.25) is 5.91 Å². The lowest BCUT2D eigenvalue weighted by atomic mass is 9.87. The van der Waals surface area contributed by atoms with Crippen LogP contribution in [-0.4, -0.2) is 29.3 Å². The molecule has 1 aliphatic heterocycles. The van der Waals surface area contributed by atoms with Crippen LogP contribution in [0.5, 0.6) is 0 Å². The van der Waals surface area contributed by atoms with Crippen molar-refractivity contribution in [2.75, 3.05) is 23.8 Å². The molecule has 0 aliphatic carbocycles. The Morgan fingerprint density at radius 2 is 1.62 bits per heavy atom. The molecule has 1 aliphatic rings. The SMILES string of the molecule is CC(C)(C)c1ccc(Nc2ccc(NC(=O)C3CCOCC3)nn2)cc1. The summed E-state index contributed by atoms with van der Waals surface area (Å²) in [6, 6.07) is 11.9. The molecule has 2 N–H and O–H groups in total. The average molecular weight is 354 g/mol. The van der Waals surface area contributed by atoms with Gasteiger partial charge in [0.1, 0.15) is 0 Å². The minimum atomic E-state index is -0.0129. The highest BCUT2D eigenvalue weighted by Gasteiger charge is 2.21. The topological polar surface area (TPSA) is 76.1 Å². The normalized spacial score (nSPS) is 15.5. The molecule has 0 unspecified atom stereocenters. The van der Waals surface area contributed by atoms with Crippen molar-refractivity contribution in [2.45, 2.75) is 39.0 Å². The first-order chi connectivity index (χ1) is 12.4. The molecule has 1 aromatic carbocycles. The van der Waals surface area contributed by atoms with Crippen LogP contribution in [0.3, 0.4) is 0 Å². The summed E-state index contributed by atoms with van der Waals surface area (Å²) in [4.78, 5) is 12.2. The third kappa shape index (κ3) is 4.79. The van der Waals surface area contributed by atoms with Gasteiger partial charge in [-0.1, -0.05) is 32.9 Å². The molecule has 6 nitrogen and oxygen atoms in total. The summed E-state index contributed by atoms with van der Waals surface area (Å²) in [5.41, 5.74) is 2.36. The van der Waals surface area contributed by atoms with Gasteiger partial charge in [-0.05, 0) is 48.1 Å². The quantitative estimate of drug-likeness (QED) is 0.871. The Kier molecular flexibility index (Phi) is 5.52. The van der Waals surface area contributed by atoms with Gasteiger partial charge in [-0.3, -0.25) is 4.79 Å². The third-order valence-corrected chi connectivity index (χ3v) is 4.53. The molecule has 3 rings (SSSR count). The van der Waals surface area contributed by atoms with E-state index in [1.807, 2.05) is 18.2 Å². The van der Waals surface area contributed by atoms with E-state index in [1.165, 1.54) is 5.56 Å². The molecule has 26 heavy (non-hydrogen) atoms. The number of nitrogens with one attached hydrogen (secondary N) is 2. The van der Waals surface area contributed by atoms with Crippen molar-refractivity contribution in [3.63, 3.8) is 0 Å². The van der Waals surface area contributed by atoms with Gasteiger partial charge in [-0.15, -0.1) is 10.2 Å². The fourth-order valence-electron chi connectivity index (χ4n) is 2.86. The number of anilines is 3. The van der Waals surface area contributed by atoms with E-state index in [-0.39, 0.29) is 17.2 Å². The second-order valence-corrected chi connectivity index (χ2v) is 7.63. The van der Waals surface area contributed by atoms with Crippen LogP contribution in [0.1, 0.15) is 39.2 Å². The highest BCUT2D eigenvalue weighted by atomic mass is 16.5. The van der Waals surface area contributed by atoms with Crippen LogP contribution in [0, 0.1) is 5.92 Å². The van der Waals surface area contributed by atoms with Crippen molar-refractivity contribution < 1.29 is 9.53 Å². The fourth-order valence-corrected chi connectivity index (χ4v) is 2.86. The van der Waals surface area contributed by atoms with E-state index in [0.29, 0.717) is 24.8 Å². The van der Waals surface area contributed by atoms with E-state index in [1.54, 1.807) is 6.07 Å². The highest BCUT2D eigenvalue weighted by Crippen LogP contribution is 2.24. The van der Waals surface area contributed by atoms with Crippen molar-refractivity contribution in [2.24, 2.45) is 5.92 Å². The molecule has 2 heterocycles. The molecule has 1 amide bonds. The summed E-state index contributed by atoms with van der Waals surface area (Å²) in [5.74, 6) is 1.08. The maximum atomic E-state index is 12.2. The number of hydrogen-bond donors (Lipinski definition) is 2. The zero-order valence-corrected chi connectivity index (χ0v) is 15.6. The minimum absolute atomic E-state index is 0.00955. The first-order valence-corrected chi connectivity index (χ1v) is 9.02. The Bertz CT molecular complexity index is 730. The Labute approximate surface area is 154 Å². The molecule has 0 radical (unpaired) electrons. The van der Waals surface area contributed by atoms with Crippen LogP contribution in [0.4, 0.5) is 17.3 Å². The molecule has 1 aromatic heterocycles. The number of carbonyl (C=O) groups excluding carboxylic acids is 1. The van der Waals surface area contributed by atoms with E-state index in [9.17, 15) is 4.79 Å². The first-order valence-electron chi connectivity index (χ1n) is 9.02. The summed E-state index contributed by atoms with van der Waals surface area (Å²) < 4.78 is 5.28. The van der Waals surface area contributed by atoms with Gasteiger partial charge in [0.15, 0.2) is 11.6 Å². The predicted molar refractivity (Wildman–Crippen MR) is 103 cm³/mol. The Morgan fingerprint density at radius 3 is 2.19 bits per heavy atom. The predicted octanol–water partition coefficient (Wildman–Crippen LogP) is 3.88. The van der Waals surface area contributed by atoms with Crippen LogP contribution in [0.25, 0.3) is 0 Å². The van der Waals surface area contributed by atoms with Crippen molar-refractivity contribution in [1.29, 1.82) is 0 Å². The second kappa shape index (κ2) is 7.83. The zero-order chi connectivity index (χ0) is 18.6.